The van der Waals surface area contributed by atoms with Crippen LogP contribution in [0.25, 0.3) is 0 Å². The van der Waals surface area contributed by atoms with Crippen molar-refractivity contribution >= 4 is 49.2 Å². The topological polar surface area (TPSA) is 104 Å². The first-order valence-electron chi connectivity index (χ1n) is 9.39. The SMILES string of the molecule is C=C(C(=O)NC(C)c1ccc(S(C)(=O)=O)cc1)/C(Br)=C(\NC)NC(=O)c1ccccc1Cl. The van der Waals surface area contributed by atoms with Crippen LogP contribution in [0.5, 0.6) is 0 Å². The van der Waals surface area contributed by atoms with E-state index in [2.05, 4.69) is 38.5 Å². The summed E-state index contributed by atoms with van der Waals surface area (Å²) in [6.07, 6.45) is 1.13. The van der Waals surface area contributed by atoms with Crippen LogP contribution in [0.4, 0.5) is 0 Å². The quantitative estimate of drug-likeness (QED) is 0.350. The molecule has 10 heteroatoms. The predicted octanol–water partition coefficient (Wildman–Crippen LogP) is 3.69. The van der Waals surface area contributed by atoms with Gasteiger partial charge in [0.1, 0.15) is 5.82 Å². The van der Waals surface area contributed by atoms with E-state index in [1.54, 1.807) is 50.4 Å². The van der Waals surface area contributed by atoms with E-state index in [4.69, 9.17) is 11.6 Å². The molecule has 0 aliphatic heterocycles. The Hall–Kier alpha value is -2.62. The van der Waals surface area contributed by atoms with Gasteiger partial charge in [-0.2, -0.15) is 0 Å². The van der Waals surface area contributed by atoms with Crippen LogP contribution in [0.15, 0.2) is 75.9 Å². The standard InChI is InChI=1S/C22H23BrClN3O4S/c1-13(19(23)20(25-3)27-22(29)17-7-5-6-8-18(17)24)21(28)26-14(2)15-9-11-16(12-10-15)32(4,30)31/h5-12,14,25H,1H2,2-4H3,(H,26,28)(H,27,29)/b20-19-. The molecule has 32 heavy (non-hydrogen) atoms. The lowest BCUT2D eigenvalue weighted by atomic mass is 10.1. The lowest BCUT2D eigenvalue weighted by molar-refractivity contribution is -0.117. The molecule has 0 bridgehead atoms. The Morgan fingerprint density at radius 1 is 1.09 bits per heavy atom. The summed E-state index contributed by atoms with van der Waals surface area (Å²) in [5, 5.41) is 8.58. The van der Waals surface area contributed by atoms with Crippen LogP contribution in [0.3, 0.4) is 0 Å². The minimum atomic E-state index is -3.30. The fourth-order valence-corrected chi connectivity index (χ4v) is 4.00. The molecular formula is C22H23BrClN3O4S. The first kappa shape index (κ1) is 25.6. The minimum absolute atomic E-state index is 0.0772. The third kappa shape index (κ3) is 6.44. The third-order valence-corrected chi connectivity index (χ3v) is 6.85. The van der Waals surface area contributed by atoms with E-state index in [1.165, 1.54) is 12.1 Å². The smallest absolute Gasteiger partial charge is 0.258 e. The van der Waals surface area contributed by atoms with Crippen LogP contribution < -0.4 is 16.0 Å². The Bertz CT molecular complexity index is 1180. The molecule has 2 amide bonds. The Morgan fingerprint density at radius 3 is 2.22 bits per heavy atom. The Labute approximate surface area is 201 Å². The van der Waals surface area contributed by atoms with Gasteiger partial charge in [-0.3, -0.25) is 9.59 Å². The second-order valence-electron chi connectivity index (χ2n) is 6.89. The molecule has 3 N–H and O–H groups in total. The molecule has 0 heterocycles. The second kappa shape index (κ2) is 10.8. The van der Waals surface area contributed by atoms with Crippen LogP contribution in [-0.2, 0) is 14.6 Å². The number of nitrogens with one attached hydrogen (secondary N) is 3. The van der Waals surface area contributed by atoms with Crippen molar-refractivity contribution in [2.75, 3.05) is 13.3 Å². The highest BCUT2D eigenvalue weighted by molar-refractivity contribution is 9.12. The molecule has 0 radical (unpaired) electrons. The molecule has 0 aliphatic carbocycles. The summed E-state index contributed by atoms with van der Waals surface area (Å²) in [6, 6.07) is 12.4. The lowest BCUT2D eigenvalue weighted by Gasteiger charge is -2.18. The van der Waals surface area contributed by atoms with Gasteiger partial charge in [0.05, 0.1) is 31.6 Å². The van der Waals surface area contributed by atoms with Crippen molar-refractivity contribution in [1.29, 1.82) is 0 Å². The number of carbonyl (C=O) groups excluding carboxylic acids is 2. The van der Waals surface area contributed by atoms with Crippen molar-refractivity contribution in [2.45, 2.75) is 17.9 Å². The first-order valence-corrected chi connectivity index (χ1v) is 12.5. The van der Waals surface area contributed by atoms with Gasteiger partial charge in [-0.25, -0.2) is 8.42 Å². The van der Waals surface area contributed by atoms with Crippen LogP contribution in [0.2, 0.25) is 5.02 Å². The maximum absolute atomic E-state index is 12.7. The summed E-state index contributed by atoms with van der Waals surface area (Å²) < 4.78 is 23.5. The van der Waals surface area contributed by atoms with Gasteiger partial charge in [0.25, 0.3) is 11.8 Å². The largest absolute Gasteiger partial charge is 0.374 e. The van der Waals surface area contributed by atoms with Crippen molar-refractivity contribution < 1.29 is 18.0 Å². The van der Waals surface area contributed by atoms with E-state index in [0.29, 0.717) is 5.02 Å². The molecule has 1 atom stereocenters. The number of halogens is 2. The molecule has 170 valence electrons. The van der Waals surface area contributed by atoms with E-state index in [1.807, 2.05) is 0 Å². The average molecular weight is 541 g/mol. The van der Waals surface area contributed by atoms with Crippen molar-refractivity contribution in [2.24, 2.45) is 0 Å². The van der Waals surface area contributed by atoms with Crippen molar-refractivity contribution in [3.05, 3.63) is 87.1 Å². The highest BCUT2D eigenvalue weighted by Gasteiger charge is 2.19. The summed E-state index contributed by atoms with van der Waals surface area (Å²) in [7, 11) is -1.72. The number of sulfone groups is 1. The molecule has 0 aromatic heterocycles. The van der Waals surface area contributed by atoms with E-state index in [9.17, 15) is 18.0 Å². The zero-order valence-corrected chi connectivity index (χ0v) is 20.9. The molecule has 0 saturated carbocycles. The van der Waals surface area contributed by atoms with Crippen molar-refractivity contribution in [3.63, 3.8) is 0 Å². The third-order valence-electron chi connectivity index (χ3n) is 4.52. The van der Waals surface area contributed by atoms with Gasteiger partial charge in [-0.05, 0) is 52.7 Å². The highest BCUT2D eigenvalue weighted by Crippen LogP contribution is 2.22. The average Bonchev–Trinajstić information content (AvgIpc) is 2.76. The number of hydrogen-bond acceptors (Lipinski definition) is 5. The summed E-state index contributed by atoms with van der Waals surface area (Å²) in [4.78, 5) is 25.4. The van der Waals surface area contributed by atoms with Gasteiger partial charge in [0, 0.05) is 13.3 Å². The lowest BCUT2D eigenvalue weighted by Crippen LogP contribution is -2.33. The minimum Gasteiger partial charge on any atom is -0.374 e. The fraction of sp³-hybridized carbons (Fsp3) is 0.182. The Balaban J connectivity index is 2.13. The van der Waals surface area contributed by atoms with Gasteiger partial charge in [-0.15, -0.1) is 0 Å². The van der Waals surface area contributed by atoms with Crippen LogP contribution in [-0.4, -0.2) is 33.5 Å². The zero-order valence-electron chi connectivity index (χ0n) is 17.7. The monoisotopic (exact) mass is 539 g/mol. The Kier molecular flexibility index (Phi) is 8.65. The van der Waals surface area contributed by atoms with E-state index in [-0.39, 0.29) is 26.3 Å². The predicted molar refractivity (Wildman–Crippen MR) is 129 cm³/mol. The summed E-state index contributed by atoms with van der Waals surface area (Å²) in [6.45, 7) is 5.56. The van der Waals surface area contributed by atoms with E-state index < -0.39 is 27.7 Å². The molecular weight excluding hydrogens is 518 g/mol. The van der Waals surface area contributed by atoms with Gasteiger partial charge in [0.2, 0.25) is 0 Å². The zero-order chi connectivity index (χ0) is 24.1. The normalized spacial score (nSPS) is 12.9. The molecule has 7 nitrogen and oxygen atoms in total. The molecule has 0 aliphatic rings. The second-order valence-corrected chi connectivity index (χ2v) is 10.1. The van der Waals surface area contributed by atoms with Crippen molar-refractivity contribution in [3.8, 4) is 0 Å². The maximum Gasteiger partial charge on any atom is 0.258 e. The molecule has 0 saturated heterocycles. The van der Waals surface area contributed by atoms with Gasteiger partial charge in [-0.1, -0.05) is 42.4 Å². The summed E-state index contributed by atoms with van der Waals surface area (Å²) in [5.74, 6) is -0.694. The fourth-order valence-electron chi connectivity index (χ4n) is 2.67. The molecule has 0 spiro atoms. The van der Waals surface area contributed by atoms with E-state index in [0.717, 1.165) is 11.8 Å². The van der Waals surface area contributed by atoms with E-state index >= 15 is 0 Å². The highest BCUT2D eigenvalue weighted by atomic mass is 79.9. The van der Waals surface area contributed by atoms with Crippen LogP contribution in [0, 0.1) is 0 Å². The first-order chi connectivity index (χ1) is 15.0. The number of rotatable bonds is 8. The number of hydrogen-bond donors (Lipinski definition) is 3. The Morgan fingerprint density at radius 2 is 1.69 bits per heavy atom. The molecule has 2 rings (SSSR count). The number of benzene rings is 2. The van der Waals surface area contributed by atoms with Gasteiger partial charge < -0.3 is 16.0 Å². The van der Waals surface area contributed by atoms with Crippen molar-refractivity contribution in [1.82, 2.24) is 16.0 Å². The maximum atomic E-state index is 12.7. The number of amides is 2. The molecule has 1 unspecified atom stereocenters. The molecule has 2 aromatic carbocycles. The molecule has 2 aromatic rings. The summed E-state index contributed by atoms with van der Waals surface area (Å²) in [5.41, 5.74) is 1.08. The van der Waals surface area contributed by atoms with Crippen LogP contribution >= 0.6 is 27.5 Å². The van der Waals surface area contributed by atoms with Gasteiger partial charge >= 0.3 is 0 Å². The summed E-state index contributed by atoms with van der Waals surface area (Å²) >= 11 is 9.37. The van der Waals surface area contributed by atoms with Crippen LogP contribution in [0.1, 0.15) is 28.9 Å². The number of carbonyl (C=O) groups is 2. The molecule has 0 fully saturated rings. The van der Waals surface area contributed by atoms with Gasteiger partial charge in [0.15, 0.2) is 9.84 Å².